The van der Waals surface area contributed by atoms with Gasteiger partial charge in [0.25, 0.3) is 0 Å². The number of benzene rings is 1. The van der Waals surface area contributed by atoms with Crippen molar-refractivity contribution in [3.8, 4) is 0 Å². The quantitative estimate of drug-likeness (QED) is 0.869. The predicted octanol–water partition coefficient (Wildman–Crippen LogP) is 1.76. The minimum Gasteiger partial charge on any atom is -0.350 e. The molecule has 2 rings (SSSR count). The fourth-order valence-electron chi connectivity index (χ4n) is 1.83. The second kappa shape index (κ2) is 6.00. The Labute approximate surface area is 107 Å². The van der Waals surface area contributed by atoms with E-state index < -0.39 is 0 Å². The molecule has 0 saturated heterocycles. The zero-order valence-corrected chi connectivity index (χ0v) is 10.5. The smallest absolute Gasteiger partial charge is 0.224 e. The van der Waals surface area contributed by atoms with Gasteiger partial charge in [-0.3, -0.25) is 9.48 Å². The highest BCUT2D eigenvalue weighted by molar-refractivity contribution is 5.78. The van der Waals surface area contributed by atoms with Gasteiger partial charge in [-0.2, -0.15) is 5.10 Å². The molecule has 1 heterocycles. The average molecular weight is 243 g/mol. The zero-order valence-electron chi connectivity index (χ0n) is 10.5. The van der Waals surface area contributed by atoms with Gasteiger partial charge in [0.1, 0.15) is 0 Å². The molecule has 4 heteroatoms. The summed E-state index contributed by atoms with van der Waals surface area (Å²) in [6.45, 7) is 3.37. The first-order chi connectivity index (χ1) is 8.79. The Hall–Kier alpha value is -2.10. The maximum Gasteiger partial charge on any atom is 0.224 e. The van der Waals surface area contributed by atoms with Crippen LogP contribution in [0.5, 0.6) is 0 Å². The van der Waals surface area contributed by atoms with Gasteiger partial charge in [-0.05, 0) is 18.6 Å². The first-order valence-electron chi connectivity index (χ1n) is 6.11. The van der Waals surface area contributed by atoms with E-state index in [-0.39, 0.29) is 5.91 Å². The molecular weight excluding hydrogens is 226 g/mol. The fraction of sp³-hybridized carbons (Fsp3) is 0.286. The molecule has 0 saturated carbocycles. The lowest BCUT2D eigenvalue weighted by Gasteiger charge is -2.07. The number of hydrogen-bond donors (Lipinski definition) is 1. The second-order valence-electron chi connectivity index (χ2n) is 4.08. The van der Waals surface area contributed by atoms with Gasteiger partial charge in [0.05, 0.1) is 18.7 Å². The summed E-state index contributed by atoms with van der Waals surface area (Å²) in [7, 11) is 0. The molecule has 0 atom stereocenters. The third-order valence-corrected chi connectivity index (χ3v) is 2.78. The molecule has 0 aliphatic carbocycles. The molecule has 0 fully saturated rings. The summed E-state index contributed by atoms with van der Waals surface area (Å²) in [6.07, 6.45) is 2.17. The molecule has 0 aliphatic heterocycles. The van der Waals surface area contributed by atoms with E-state index in [1.165, 1.54) is 0 Å². The lowest BCUT2D eigenvalue weighted by Crippen LogP contribution is -2.25. The van der Waals surface area contributed by atoms with Crippen LogP contribution in [0.4, 0.5) is 0 Å². The highest BCUT2D eigenvalue weighted by atomic mass is 16.1. The SMILES string of the molecule is CCn1nccc1CNC(=O)Cc1ccccc1. The maximum absolute atomic E-state index is 11.8. The molecule has 0 bridgehead atoms. The molecule has 1 aromatic carbocycles. The lowest BCUT2D eigenvalue weighted by molar-refractivity contribution is -0.120. The number of carbonyl (C=O) groups excluding carboxylic acids is 1. The lowest BCUT2D eigenvalue weighted by atomic mass is 10.1. The highest BCUT2D eigenvalue weighted by Gasteiger charge is 2.05. The van der Waals surface area contributed by atoms with E-state index in [0.29, 0.717) is 13.0 Å². The predicted molar refractivity (Wildman–Crippen MR) is 69.9 cm³/mol. The Kier molecular flexibility index (Phi) is 4.12. The van der Waals surface area contributed by atoms with Crippen molar-refractivity contribution in [2.75, 3.05) is 0 Å². The number of rotatable bonds is 5. The number of hydrogen-bond acceptors (Lipinski definition) is 2. The van der Waals surface area contributed by atoms with Crippen molar-refractivity contribution in [2.45, 2.75) is 26.4 Å². The van der Waals surface area contributed by atoms with Crippen molar-refractivity contribution in [3.05, 3.63) is 53.9 Å². The second-order valence-corrected chi connectivity index (χ2v) is 4.08. The number of carbonyl (C=O) groups is 1. The van der Waals surface area contributed by atoms with Gasteiger partial charge >= 0.3 is 0 Å². The van der Waals surface area contributed by atoms with Crippen molar-refractivity contribution in [1.82, 2.24) is 15.1 Å². The number of aryl methyl sites for hydroxylation is 1. The minimum atomic E-state index is 0.0325. The molecule has 4 nitrogen and oxygen atoms in total. The van der Waals surface area contributed by atoms with E-state index in [9.17, 15) is 4.79 Å². The van der Waals surface area contributed by atoms with Crippen LogP contribution >= 0.6 is 0 Å². The van der Waals surface area contributed by atoms with E-state index in [0.717, 1.165) is 17.8 Å². The normalized spacial score (nSPS) is 10.3. The number of aromatic nitrogens is 2. The van der Waals surface area contributed by atoms with Crippen LogP contribution in [-0.2, 0) is 24.3 Å². The van der Waals surface area contributed by atoms with Gasteiger partial charge in [-0.25, -0.2) is 0 Å². The van der Waals surface area contributed by atoms with Gasteiger partial charge in [0.15, 0.2) is 0 Å². The van der Waals surface area contributed by atoms with Crippen LogP contribution < -0.4 is 5.32 Å². The van der Waals surface area contributed by atoms with Crippen molar-refractivity contribution in [2.24, 2.45) is 0 Å². The summed E-state index contributed by atoms with van der Waals surface area (Å²) in [5, 5.41) is 7.07. The van der Waals surface area contributed by atoms with E-state index >= 15 is 0 Å². The van der Waals surface area contributed by atoms with Crippen molar-refractivity contribution in [3.63, 3.8) is 0 Å². The number of amides is 1. The summed E-state index contributed by atoms with van der Waals surface area (Å²) in [4.78, 5) is 11.8. The Morgan fingerprint density at radius 2 is 2.06 bits per heavy atom. The van der Waals surface area contributed by atoms with Crippen LogP contribution in [0, 0.1) is 0 Å². The van der Waals surface area contributed by atoms with Crippen molar-refractivity contribution in [1.29, 1.82) is 0 Å². The van der Waals surface area contributed by atoms with Crippen LogP contribution in [0.15, 0.2) is 42.6 Å². The van der Waals surface area contributed by atoms with Crippen LogP contribution in [0.3, 0.4) is 0 Å². The summed E-state index contributed by atoms with van der Waals surface area (Å²) in [5.74, 6) is 0.0325. The summed E-state index contributed by atoms with van der Waals surface area (Å²) >= 11 is 0. The Morgan fingerprint density at radius 3 is 2.78 bits per heavy atom. The van der Waals surface area contributed by atoms with Crippen LogP contribution in [0.25, 0.3) is 0 Å². The van der Waals surface area contributed by atoms with E-state index in [2.05, 4.69) is 10.4 Å². The van der Waals surface area contributed by atoms with Crippen LogP contribution in [-0.4, -0.2) is 15.7 Å². The summed E-state index contributed by atoms with van der Waals surface area (Å²) in [5.41, 5.74) is 2.05. The maximum atomic E-state index is 11.8. The fourth-order valence-corrected chi connectivity index (χ4v) is 1.83. The molecule has 0 radical (unpaired) electrons. The number of nitrogens with zero attached hydrogens (tertiary/aromatic N) is 2. The van der Waals surface area contributed by atoms with Crippen LogP contribution in [0.1, 0.15) is 18.2 Å². The molecule has 1 aromatic heterocycles. The molecule has 1 N–H and O–H groups in total. The topological polar surface area (TPSA) is 46.9 Å². The first kappa shape index (κ1) is 12.4. The monoisotopic (exact) mass is 243 g/mol. The molecular formula is C14H17N3O. The van der Waals surface area contributed by atoms with E-state index in [1.807, 2.05) is 48.0 Å². The third kappa shape index (κ3) is 3.20. The largest absolute Gasteiger partial charge is 0.350 e. The third-order valence-electron chi connectivity index (χ3n) is 2.78. The molecule has 94 valence electrons. The Bertz CT molecular complexity index is 505. The standard InChI is InChI=1S/C14H17N3O/c1-2-17-13(8-9-16-17)11-15-14(18)10-12-6-4-3-5-7-12/h3-9H,2,10-11H2,1H3,(H,15,18). The number of nitrogens with one attached hydrogen (secondary N) is 1. The average Bonchev–Trinajstić information content (AvgIpc) is 2.85. The summed E-state index contributed by atoms with van der Waals surface area (Å²) < 4.78 is 1.88. The molecule has 1 amide bonds. The Balaban J connectivity index is 1.85. The molecule has 0 unspecified atom stereocenters. The highest BCUT2D eigenvalue weighted by Crippen LogP contribution is 2.01. The van der Waals surface area contributed by atoms with E-state index in [1.54, 1.807) is 6.20 Å². The first-order valence-corrected chi connectivity index (χ1v) is 6.11. The van der Waals surface area contributed by atoms with Crippen LogP contribution in [0.2, 0.25) is 0 Å². The van der Waals surface area contributed by atoms with Crippen molar-refractivity contribution < 1.29 is 4.79 Å². The van der Waals surface area contributed by atoms with Gasteiger partial charge < -0.3 is 5.32 Å². The zero-order chi connectivity index (χ0) is 12.8. The van der Waals surface area contributed by atoms with Gasteiger partial charge in [0, 0.05) is 12.7 Å². The van der Waals surface area contributed by atoms with Gasteiger partial charge in [-0.15, -0.1) is 0 Å². The van der Waals surface area contributed by atoms with Gasteiger partial charge in [-0.1, -0.05) is 30.3 Å². The minimum absolute atomic E-state index is 0.0325. The van der Waals surface area contributed by atoms with Crippen molar-refractivity contribution >= 4 is 5.91 Å². The Morgan fingerprint density at radius 1 is 1.28 bits per heavy atom. The molecule has 0 spiro atoms. The molecule has 0 aliphatic rings. The molecule has 18 heavy (non-hydrogen) atoms. The van der Waals surface area contributed by atoms with Gasteiger partial charge in [0.2, 0.25) is 5.91 Å². The summed E-state index contributed by atoms with van der Waals surface area (Å²) in [6, 6.07) is 11.7. The van der Waals surface area contributed by atoms with E-state index in [4.69, 9.17) is 0 Å². The molecule has 2 aromatic rings.